The molecule has 2 heterocycles. The number of ether oxygens (including phenoxy) is 4. The highest BCUT2D eigenvalue weighted by atomic mass is 35.5. The van der Waals surface area contributed by atoms with Crippen LogP contribution in [-0.2, 0) is 14.2 Å². The smallest absolute Gasteiger partial charge is 0.412 e. The first-order chi connectivity index (χ1) is 14.9. The molecule has 0 radical (unpaired) electrons. The maximum absolute atomic E-state index is 12.3. The molecule has 1 aliphatic rings. The van der Waals surface area contributed by atoms with Crippen molar-refractivity contribution in [3.63, 3.8) is 0 Å². The van der Waals surface area contributed by atoms with Crippen molar-refractivity contribution in [3.05, 3.63) is 5.15 Å². The Hall–Kier alpha value is -2.20. The maximum atomic E-state index is 12.3. The van der Waals surface area contributed by atoms with Gasteiger partial charge in [-0.3, -0.25) is 5.32 Å². The van der Waals surface area contributed by atoms with Gasteiger partial charge in [0.15, 0.2) is 5.15 Å². The molecular formula is C21H35ClN4O6. The highest BCUT2D eigenvalue weighted by molar-refractivity contribution is 6.33. The molecule has 2 rings (SSSR count). The standard InChI is InChI=1S/C21H35ClN4O6/c1-20(2,3)31-18(27)23-10-7-11-30-17-15(24-19(28)32-21(4,5)6)16(22)26(25-17)14-8-12-29-13-9-14/h14H,7-13H2,1-6H3,(H,23,27)(H,24,28). The molecule has 0 atom stereocenters. The van der Waals surface area contributed by atoms with E-state index >= 15 is 0 Å². The van der Waals surface area contributed by atoms with E-state index in [1.807, 2.05) is 0 Å². The molecule has 0 unspecified atom stereocenters. The van der Waals surface area contributed by atoms with Crippen molar-refractivity contribution in [1.29, 1.82) is 0 Å². The van der Waals surface area contributed by atoms with E-state index in [1.54, 1.807) is 46.2 Å². The Labute approximate surface area is 194 Å². The summed E-state index contributed by atoms with van der Waals surface area (Å²) in [7, 11) is 0. The Kier molecular flexibility index (Phi) is 9.03. The molecule has 1 aliphatic heterocycles. The van der Waals surface area contributed by atoms with E-state index in [4.69, 9.17) is 30.5 Å². The van der Waals surface area contributed by atoms with Crippen LogP contribution in [0.5, 0.6) is 5.88 Å². The van der Waals surface area contributed by atoms with E-state index in [0.29, 0.717) is 26.2 Å². The highest BCUT2D eigenvalue weighted by Crippen LogP contribution is 2.36. The van der Waals surface area contributed by atoms with Crippen LogP contribution < -0.4 is 15.4 Å². The first-order valence-corrected chi connectivity index (χ1v) is 11.2. The zero-order valence-corrected chi connectivity index (χ0v) is 20.5. The van der Waals surface area contributed by atoms with E-state index in [1.165, 1.54) is 0 Å². The molecule has 2 N–H and O–H groups in total. The zero-order valence-electron chi connectivity index (χ0n) is 19.7. The summed E-state index contributed by atoms with van der Waals surface area (Å²) in [5.74, 6) is 0.199. The van der Waals surface area contributed by atoms with Gasteiger partial charge in [0.05, 0.1) is 12.6 Å². The fraction of sp³-hybridized carbons (Fsp3) is 0.762. The Morgan fingerprint density at radius 3 is 2.28 bits per heavy atom. The monoisotopic (exact) mass is 474 g/mol. The molecule has 2 amide bonds. The van der Waals surface area contributed by atoms with Gasteiger partial charge in [-0.2, -0.15) is 0 Å². The molecule has 0 spiro atoms. The van der Waals surface area contributed by atoms with Crippen molar-refractivity contribution in [1.82, 2.24) is 15.1 Å². The van der Waals surface area contributed by atoms with Crippen LogP contribution >= 0.6 is 11.6 Å². The van der Waals surface area contributed by atoms with Crippen molar-refractivity contribution in [2.75, 3.05) is 31.7 Å². The second kappa shape index (κ2) is 11.1. The summed E-state index contributed by atoms with van der Waals surface area (Å²) in [6.07, 6.45) is 0.880. The van der Waals surface area contributed by atoms with E-state index in [9.17, 15) is 9.59 Å². The van der Waals surface area contributed by atoms with Gasteiger partial charge in [-0.05, 0) is 60.8 Å². The minimum absolute atomic E-state index is 0.0432. The molecule has 10 nitrogen and oxygen atoms in total. The van der Waals surface area contributed by atoms with Gasteiger partial charge in [0.25, 0.3) is 5.88 Å². The van der Waals surface area contributed by atoms with E-state index < -0.39 is 23.4 Å². The van der Waals surface area contributed by atoms with Gasteiger partial charge in [-0.1, -0.05) is 11.6 Å². The molecule has 11 heteroatoms. The van der Waals surface area contributed by atoms with Crippen LogP contribution in [0.3, 0.4) is 0 Å². The zero-order chi connectivity index (χ0) is 23.9. The predicted octanol–water partition coefficient (Wildman–Crippen LogP) is 4.53. The number of alkyl carbamates (subject to hydrolysis) is 1. The average Bonchev–Trinajstić information content (AvgIpc) is 2.95. The molecule has 0 bridgehead atoms. The largest absolute Gasteiger partial charge is 0.475 e. The third-order valence-corrected chi connectivity index (χ3v) is 4.57. The molecule has 1 aromatic rings. The van der Waals surface area contributed by atoms with Gasteiger partial charge in [0.1, 0.15) is 16.9 Å². The minimum Gasteiger partial charge on any atom is -0.475 e. The summed E-state index contributed by atoms with van der Waals surface area (Å²) in [6, 6.07) is 0.0432. The Morgan fingerprint density at radius 1 is 1.09 bits per heavy atom. The molecular weight excluding hydrogens is 440 g/mol. The molecule has 1 aromatic heterocycles. The number of hydrogen-bond acceptors (Lipinski definition) is 7. The third-order valence-electron chi connectivity index (χ3n) is 4.21. The lowest BCUT2D eigenvalue weighted by Gasteiger charge is -2.23. The first kappa shape index (κ1) is 26.1. The number of carbonyl (C=O) groups excluding carboxylic acids is 2. The van der Waals surface area contributed by atoms with E-state index in [0.717, 1.165) is 12.8 Å². The van der Waals surface area contributed by atoms with Crippen LogP contribution in [-0.4, -0.2) is 59.5 Å². The Morgan fingerprint density at radius 2 is 1.69 bits per heavy atom. The number of halogens is 1. The van der Waals surface area contributed by atoms with Crippen molar-refractivity contribution in [2.24, 2.45) is 0 Å². The third kappa shape index (κ3) is 8.74. The van der Waals surface area contributed by atoms with Gasteiger partial charge < -0.3 is 24.3 Å². The normalized spacial score (nSPS) is 15.2. The Bertz CT molecular complexity index is 778. The maximum Gasteiger partial charge on any atom is 0.412 e. The van der Waals surface area contributed by atoms with Crippen LogP contribution in [0.4, 0.5) is 15.3 Å². The summed E-state index contributed by atoms with van der Waals surface area (Å²) >= 11 is 6.56. The van der Waals surface area contributed by atoms with Gasteiger partial charge in [0, 0.05) is 19.8 Å². The van der Waals surface area contributed by atoms with Gasteiger partial charge in [-0.25, -0.2) is 14.3 Å². The average molecular weight is 475 g/mol. The minimum atomic E-state index is -0.665. The van der Waals surface area contributed by atoms with Crippen LogP contribution in [0, 0.1) is 0 Å². The molecule has 0 aliphatic carbocycles. The van der Waals surface area contributed by atoms with Crippen molar-refractivity contribution >= 4 is 29.5 Å². The van der Waals surface area contributed by atoms with Gasteiger partial charge in [0.2, 0.25) is 0 Å². The number of amides is 2. The van der Waals surface area contributed by atoms with Crippen LogP contribution in [0.2, 0.25) is 5.15 Å². The summed E-state index contributed by atoms with van der Waals surface area (Å²) in [6.45, 7) is 12.6. The molecule has 0 saturated carbocycles. The lowest BCUT2D eigenvalue weighted by Crippen LogP contribution is -2.33. The fourth-order valence-electron chi connectivity index (χ4n) is 2.92. The second-order valence-electron chi connectivity index (χ2n) is 9.52. The van der Waals surface area contributed by atoms with Crippen LogP contribution in [0.1, 0.15) is 66.8 Å². The molecule has 32 heavy (non-hydrogen) atoms. The summed E-state index contributed by atoms with van der Waals surface area (Å²) in [5, 5.41) is 10.1. The van der Waals surface area contributed by atoms with Crippen molar-refractivity contribution in [3.8, 4) is 5.88 Å². The lowest BCUT2D eigenvalue weighted by molar-refractivity contribution is 0.0523. The predicted molar refractivity (Wildman–Crippen MR) is 121 cm³/mol. The number of nitrogens with zero attached hydrogens (tertiary/aromatic N) is 2. The molecule has 1 fully saturated rings. The van der Waals surface area contributed by atoms with Crippen LogP contribution in [0.25, 0.3) is 0 Å². The Balaban J connectivity index is 2.01. The number of rotatable bonds is 7. The SMILES string of the molecule is CC(C)(C)OC(=O)NCCCOc1nn(C2CCOCC2)c(Cl)c1NC(=O)OC(C)(C)C. The summed E-state index contributed by atoms with van der Waals surface area (Å²) in [4.78, 5) is 24.0. The fourth-order valence-corrected chi connectivity index (χ4v) is 3.23. The van der Waals surface area contributed by atoms with Crippen LogP contribution in [0.15, 0.2) is 0 Å². The van der Waals surface area contributed by atoms with Gasteiger partial charge in [-0.15, -0.1) is 5.10 Å². The second-order valence-corrected chi connectivity index (χ2v) is 9.87. The van der Waals surface area contributed by atoms with Crippen molar-refractivity contribution in [2.45, 2.75) is 78.0 Å². The molecule has 1 saturated heterocycles. The summed E-state index contributed by atoms with van der Waals surface area (Å²) in [5.41, 5.74) is -0.967. The van der Waals surface area contributed by atoms with Crippen molar-refractivity contribution < 1.29 is 28.5 Å². The number of anilines is 1. The lowest BCUT2D eigenvalue weighted by atomic mass is 10.1. The van der Waals surface area contributed by atoms with E-state index in [-0.39, 0.29) is 29.4 Å². The summed E-state index contributed by atoms with van der Waals surface area (Å²) < 4.78 is 23.4. The molecule has 182 valence electrons. The number of nitrogens with one attached hydrogen (secondary N) is 2. The first-order valence-electron chi connectivity index (χ1n) is 10.8. The quantitative estimate of drug-likeness (QED) is 0.558. The molecule has 0 aromatic carbocycles. The highest BCUT2D eigenvalue weighted by Gasteiger charge is 2.27. The number of hydrogen-bond donors (Lipinski definition) is 2. The van der Waals surface area contributed by atoms with Gasteiger partial charge >= 0.3 is 12.2 Å². The topological polar surface area (TPSA) is 113 Å². The number of carbonyl (C=O) groups is 2. The number of aromatic nitrogens is 2. The van der Waals surface area contributed by atoms with E-state index in [2.05, 4.69) is 15.7 Å².